The van der Waals surface area contributed by atoms with E-state index in [1.54, 1.807) is 23.2 Å². The van der Waals surface area contributed by atoms with Gasteiger partial charge in [-0.3, -0.25) is 4.79 Å². The summed E-state index contributed by atoms with van der Waals surface area (Å²) in [5, 5.41) is 1.99. The summed E-state index contributed by atoms with van der Waals surface area (Å²) in [7, 11) is 0. The van der Waals surface area contributed by atoms with Crippen molar-refractivity contribution in [3.63, 3.8) is 0 Å². The first-order chi connectivity index (χ1) is 9.96. The first-order valence-corrected chi connectivity index (χ1v) is 8.10. The predicted octanol–water partition coefficient (Wildman–Crippen LogP) is 2.33. The van der Waals surface area contributed by atoms with Gasteiger partial charge >= 0.3 is 6.09 Å². The summed E-state index contributed by atoms with van der Waals surface area (Å²) in [5.74, 6) is 0.119. The van der Waals surface area contributed by atoms with Crippen LogP contribution in [0.3, 0.4) is 0 Å². The molecule has 1 aliphatic rings. The van der Waals surface area contributed by atoms with Crippen LogP contribution in [0, 0.1) is 0 Å². The van der Waals surface area contributed by atoms with Gasteiger partial charge in [-0.2, -0.15) is 0 Å². The third-order valence-electron chi connectivity index (χ3n) is 3.76. The molecule has 2 amide bonds. The molecular formula is C15H22N2O3S. The summed E-state index contributed by atoms with van der Waals surface area (Å²) >= 11 is 1.60. The topological polar surface area (TPSA) is 49.9 Å². The molecule has 6 heteroatoms. The lowest BCUT2D eigenvalue weighted by molar-refractivity contribution is -0.137. The molecule has 1 aliphatic heterocycles. The molecule has 116 valence electrons. The van der Waals surface area contributed by atoms with Crippen molar-refractivity contribution in [2.75, 3.05) is 32.8 Å². The fourth-order valence-electron chi connectivity index (χ4n) is 2.44. The van der Waals surface area contributed by atoms with Gasteiger partial charge in [-0.1, -0.05) is 6.07 Å². The highest BCUT2D eigenvalue weighted by Crippen LogP contribution is 2.29. The van der Waals surface area contributed by atoms with Gasteiger partial charge in [-0.15, -0.1) is 11.3 Å². The Morgan fingerprint density at radius 1 is 1.24 bits per heavy atom. The molecule has 21 heavy (non-hydrogen) atoms. The van der Waals surface area contributed by atoms with Crippen LogP contribution in [0.25, 0.3) is 0 Å². The Bertz CT molecular complexity index is 491. The van der Waals surface area contributed by atoms with Crippen LogP contribution in [-0.4, -0.2) is 54.6 Å². The van der Waals surface area contributed by atoms with Gasteiger partial charge in [0.1, 0.15) is 0 Å². The number of piperazine rings is 1. The molecule has 0 aromatic carbocycles. The van der Waals surface area contributed by atoms with Gasteiger partial charge in [0.2, 0.25) is 5.91 Å². The molecule has 0 radical (unpaired) electrons. The summed E-state index contributed by atoms with van der Waals surface area (Å²) in [6, 6.07) is 3.96. The molecule has 1 aromatic rings. The van der Waals surface area contributed by atoms with Gasteiger partial charge in [0.15, 0.2) is 0 Å². The molecule has 5 nitrogen and oxygen atoms in total. The smallest absolute Gasteiger partial charge is 0.409 e. The number of rotatable bonds is 3. The number of nitrogens with zero attached hydrogens (tertiary/aromatic N) is 2. The van der Waals surface area contributed by atoms with Gasteiger partial charge in [-0.25, -0.2) is 4.79 Å². The van der Waals surface area contributed by atoms with E-state index >= 15 is 0 Å². The number of carbonyl (C=O) groups is 2. The lowest BCUT2D eigenvalue weighted by atomic mass is 9.89. The Morgan fingerprint density at radius 2 is 1.86 bits per heavy atom. The zero-order chi connectivity index (χ0) is 15.5. The van der Waals surface area contributed by atoms with E-state index in [1.165, 1.54) is 0 Å². The van der Waals surface area contributed by atoms with E-state index in [1.807, 2.05) is 36.3 Å². The first-order valence-electron chi connectivity index (χ1n) is 7.22. The number of carbonyl (C=O) groups excluding carboxylic acids is 2. The van der Waals surface area contributed by atoms with Gasteiger partial charge in [-0.05, 0) is 32.2 Å². The molecule has 0 spiro atoms. The molecule has 0 bridgehead atoms. The van der Waals surface area contributed by atoms with Crippen LogP contribution >= 0.6 is 11.3 Å². The van der Waals surface area contributed by atoms with E-state index in [4.69, 9.17) is 4.74 Å². The molecule has 0 atom stereocenters. The molecule has 0 N–H and O–H groups in total. The predicted molar refractivity (Wildman–Crippen MR) is 82.5 cm³/mol. The lowest BCUT2D eigenvalue weighted by Crippen LogP contribution is -2.54. The van der Waals surface area contributed by atoms with Crippen LogP contribution in [0.2, 0.25) is 0 Å². The van der Waals surface area contributed by atoms with Crippen molar-refractivity contribution in [3.8, 4) is 0 Å². The molecule has 2 rings (SSSR count). The normalized spacial score (nSPS) is 16.0. The monoisotopic (exact) mass is 310 g/mol. The Morgan fingerprint density at radius 3 is 2.38 bits per heavy atom. The number of hydrogen-bond donors (Lipinski definition) is 0. The van der Waals surface area contributed by atoms with Crippen molar-refractivity contribution >= 4 is 23.3 Å². The summed E-state index contributed by atoms with van der Waals surface area (Å²) in [6.07, 6.45) is -0.290. The SMILES string of the molecule is CCOC(=O)N1CCN(C(=O)C(C)(C)c2cccs2)CC1. The Balaban J connectivity index is 1.96. The summed E-state index contributed by atoms with van der Waals surface area (Å²) < 4.78 is 4.99. The Hall–Kier alpha value is -1.56. The Kier molecular flexibility index (Phi) is 4.88. The standard InChI is InChI=1S/C15H22N2O3S/c1-4-20-14(19)17-9-7-16(8-10-17)13(18)15(2,3)12-6-5-11-21-12/h5-6,11H,4,7-10H2,1-3H3. The Labute approximate surface area is 129 Å². The lowest BCUT2D eigenvalue weighted by Gasteiger charge is -2.37. The van der Waals surface area contributed by atoms with Crippen LogP contribution in [0.4, 0.5) is 4.79 Å². The zero-order valence-corrected chi connectivity index (χ0v) is 13.6. The van der Waals surface area contributed by atoms with Crippen molar-refractivity contribution < 1.29 is 14.3 Å². The van der Waals surface area contributed by atoms with Gasteiger partial charge in [0.25, 0.3) is 0 Å². The number of hydrogen-bond acceptors (Lipinski definition) is 4. The van der Waals surface area contributed by atoms with Crippen molar-refractivity contribution in [2.45, 2.75) is 26.2 Å². The van der Waals surface area contributed by atoms with Crippen LogP contribution in [0.1, 0.15) is 25.6 Å². The molecule has 0 unspecified atom stereocenters. The number of ether oxygens (including phenoxy) is 1. The van der Waals surface area contributed by atoms with E-state index in [2.05, 4.69) is 0 Å². The summed E-state index contributed by atoms with van der Waals surface area (Å²) in [6.45, 7) is 8.28. The highest BCUT2D eigenvalue weighted by molar-refractivity contribution is 7.10. The average Bonchev–Trinajstić information content (AvgIpc) is 3.02. The van der Waals surface area contributed by atoms with Crippen LogP contribution < -0.4 is 0 Å². The maximum absolute atomic E-state index is 12.7. The maximum Gasteiger partial charge on any atom is 0.409 e. The van der Waals surface area contributed by atoms with E-state index in [-0.39, 0.29) is 12.0 Å². The number of thiophene rings is 1. The fraction of sp³-hybridized carbons (Fsp3) is 0.600. The third kappa shape index (κ3) is 3.37. The molecular weight excluding hydrogens is 288 g/mol. The van der Waals surface area contributed by atoms with Crippen LogP contribution in [0.5, 0.6) is 0 Å². The highest BCUT2D eigenvalue weighted by Gasteiger charge is 2.36. The largest absolute Gasteiger partial charge is 0.450 e. The zero-order valence-electron chi connectivity index (χ0n) is 12.8. The second kappa shape index (κ2) is 6.47. The van der Waals surface area contributed by atoms with Crippen molar-refractivity contribution in [1.29, 1.82) is 0 Å². The second-order valence-corrected chi connectivity index (χ2v) is 6.53. The fourth-order valence-corrected chi connectivity index (χ4v) is 3.28. The van der Waals surface area contributed by atoms with E-state index < -0.39 is 5.41 Å². The van der Waals surface area contributed by atoms with Gasteiger partial charge in [0, 0.05) is 31.1 Å². The molecule has 0 aliphatic carbocycles. The van der Waals surface area contributed by atoms with E-state index in [0.717, 1.165) is 4.88 Å². The number of amides is 2. The van der Waals surface area contributed by atoms with Crippen molar-refractivity contribution in [2.24, 2.45) is 0 Å². The minimum atomic E-state index is -0.514. The summed E-state index contributed by atoms with van der Waals surface area (Å²) in [5.41, 5.74) is -0.514. The maximum atomic E-state index is 12.7. The quantitative estimate of drug-likeness (QED) is 0.861. The third-order valence-corrected chi connectivity index (χ3v) is 4.96. The van der Waals surface area contributed by atoms with Crippen LogP contribution in [-0.2, 0) is 14.9 Å². The van der Waals surface area contributed by atoms with E-state index in [9.17, 15) is 9.59 Å². The summed E-state index contributed by atoms with van der Waals surface area (Å²) in [4.78, 5) is 28.9. The first kappa shape index (κ1) is 15.8. The second-order valence-electron chi connectivity index (χ2n) is 5.58. The van der Waals surface area contributed by atoms with Crippen LogP contribution in [0.15, 0.2) is 17.5 Å². The minimum Gasteiger partial charge on any atom is -0.450 e. The van der Waals surface area contributed by atoms with Crippen molar-refractivity contribution in [1.82, 2.24) is 9.80 Å². The molecule has 1 aromatic heterocycles. The molecule has 0 saturated carbocycles. The molecule has 1 saturated heterocycles. The molecule has 1 fully saturated rings. The molecule has 2 heterocycles. The minimum absolute atomic E-state index is 0.119. The van der Waals surface area contributed by atoms with Crippen molar-refractivity contribution in [3.05, 3.63) is 22.4 Å². The van der Waals surface area contributed by atoms with E-state index in [0.29, 0.717) is 32.8 Å². The highest BCUT2D eigenvalue weighted by atomic mass is 32.1. The average molecular weight is 310 g/mol. The van der Waals surface area contributed by atoms with Gasteiger partial charge in [0.05, 0.1) is 12.0 Å². The van der Waals surface area contributed by atoms with Gasteiger partial charge < -0.3 is 14.5 Å².